The molecule has 210 valence electrons. The van der Waals surface area contributed by atoms with Crippen LogP contribution in [-0.4, -0.2) is 120 Å². The molecule has 36 heavy (non-hydrogen) atoms. The molecule has 0 atom stereocenters. The number of hydrogen-bond donors (Lipinski definition) is 0. The van der Waals surface area contributed by atoms with Crippen LogP contribution < -0.4 is 0 Å². The maximum atomic E-state index is 12.4. The van der Waals surface area contributed by atoms with Crippen LogP contribution in [0.15, 0.2) is 0 Å². The average molecular weight is 511 g/mol. The lowest BCUT2D eigenvalue weighted by molar-refractivity contribution is -0.154. The minimum atomic E-state index is -0.281. The molecule has 0 aromatic heterocycles. The predicted octanol–water partition coefficient (Wildman–Crippen LogP) is 3.24. The Labute approximate surface area is 220 Å². The maximum Gasteiger partial charge on any atom is 0.320 e. The first-order valence-corrected chi connectivity index (χ1v) is 13.5. The Balaban J connectivity index is 1.72. The Morgan fingerprint density at radius 3 is 1.14 bits per heavy atom. The number of esters is 2. The molecule has 8 nitrogen and oxygen atoms in total. The van der Waals surface area contributed by atoms with Crippen LogP contribution in [0.3, 0.4) is 0 Å². The minimum Gasteiger partial charge on any atom is -0.461 e. The number of ether oxygens (including phenoxy) is 2. The van der Waals surface area contributed by atoms with E-state index < -0.39 is 0 Å². The SMILES string of the molecule is CN(CC(=O)OCCOC(=O)CN(C)C1CC(C)(C)N(C)C(C)(C)C1)C1CC(C)(C)N(C)C(C)(C)C1. The largest absolute Gasteiger partial charge is 0.461 e. The third kappa shape index (κ3) is 7.65. The predicted molar refractivity (Wildman–Crippen MR) is 145 cm³/mol. The van der Waals surface area contributed by atoms with Gasteiger partial charge in [0.25, 0.3) is 0 Å². The molecule has 0 radical (unpaired) electrons. The fourth-order valence-corrected chi connectivity index (χ4v) is 6.33. The van der Waals surface area contributed by atoms with Gasteiger partial charge in [-0.1, -0.05) is 0 Å². The molecule has 2 fully saturated rings. The summed E-state index contributed by atoms with van der Waals surface area (Å²) < 4.78 is 10.8. The van der Waals surface area contributed by atoms with Crippen molar-refractivity contribution in [3.8, 4) is 0 Å². The van der Waals surface area contributed by atoms with Crippen molar-refractivity contribution in [1.82, 2.24) is 19.6 Å². The van der Waals surface area contributed by atoms with Crippen LogP contribution in [0.4, 0.5) is 0 Å². The molecule has 2 aliphatic heterocycles. The maximum absolute atomic E-state index is 12.4. The quantitative estimate of drug-likeness (QED) is 0.346. The highest BCUT2D eigenvalue weighted by molar-refractivity contribution is 5.72. The molecule has 0 N–H and O–H groups in total. The Bertz CT molecular complexity index is 680. The van der Waals surface area contributed by atoms with E-state index in [-0.39, 0.29) is 60.4 Å². The molecule has 2 heterocycles. The van der Waals surface area contributed by atoms with Gasteiger partial charge in [0, 0.05) is 34.2 Å². The highest BCUT2D eigenvalue weighted by Crippen LogP contribution is 2.39. The van der Waals surface area contributed by atoms with Crippen LogP contribution in [-0.2, 0) is 19.1 Å². The topological polar surface area (TPSA) is 65.6 Å². The molecule has 8 heteroatoms. The molecular formula is C28H54N4O4. The van der Waals surface area contributed by atoms with E-state index in [1.54, 1.807) is 0 Å². The average Bonchev–Trinajstić information content (AvgIpc) is 2.72. The fraction of sp³-hybridized carbons (Fsp3) is 0.929. The third-order valence-corrected chi connectivity index (χ3v) is 9.19. The van der Waals surface area contributed by atoms with Gasteiger partial charge in [0.15, 0.2) is 0 Å². The highest BCUT2D eigenvalue weighted by atomic mass is 16.6. The standard InChI is InChI=1S/C28H54N4O4/c1-25(2)15-21(16-26(3,4)31(25)11)29(9)19-23(33)35-13-14-36-24(34)20-30(10)22-17-27(5,6)32(12)28(7,8)18-22/h21-22H,13-20H2,1-12H3. The summed E-state index contributed by atoms with van der Waals surface area (Å²) in [6.45, 7) is 18.7. The molecular weight excluding hydrogens is 456 g/mol. The van der Waals surface area contributed by atoms with Crippen molar-refractivity contribution in [3.63, 3.8) is 0 Å². The van der Waals surface area contributed by atoms with E-state index in [1.165, 1.54) is 0 Å². The van der Waals surface area contributed by atoms with Crippen LogP contribution in [0.2, 0.25) is 0 Å². The number of nitrogens with zero attached hydrogens (tertiary/aromatic N) is 4. The van der Waals surface area contributed by atoms with Gasteiger partial charge in [0.05, 0.1) is 13.1 Å². The zero-order valence-electron chi connectivity index (χ0n) is 25.2. The smallest absolute Gasteiger partial charge is 0.320 e. The lowest BCUT2D eigenvalue weighted by atomic mass is 9.77. The zero-order chi connectivity index (χ0) is 27.7. The van der Waals surface area contributed by atoms with Crippen molar-refractivity contribution in [2.24, 2.45) is 0 Å². The molecule has 2 aliphatic rings. The summed E-state index contributed by atoms with van der Waals surface area (Å²) in [5, 5.41) is 0. The molecule has 2 rings (SSSR count). The summed E-state index contributed by atoms with van der Waals surface area (Å²) >= 11 is 0. The van der Waals surface area contributed by atoms with Gasteiger partial charge in [-0.3, -0.25) is 29.2 Å². The van der Waals surface area contributed by atoms with Crippen LogP contribution >= 0.6 is 0 Å². The van der Waals surface area contributed by atoms with Gasteiger partial charge >= 0.3 is 11.9 Å². The number of rotatable bonds is 9. The normalized spacial score (nSPS) is 24.7. The second kappa shape index (κ2) is 11.3. The first-order chi connectivity index (χ1) is 16.3. The van der Waals surface area contributed by atoms with Crippen LogP contribution in [0.5, 0.6) is 0 Å². The van der Waals surface area contributed by atoms with Crippen molar-refractivity contribution < 1.29 is 19.1 Å². The molecule has 0 amide bonds. The summed E-state index contributed by atoms with van der Waals surface area (Å²) in [6, 6.07) is 0.614. The van der Waals surface area contributed by atoms with Crippen LogP contribution in [0, 0.1) is 0 Å². The molecule has 0 saturated carbocycles. The summed E-state index contributed by atoms with van der Waals surface area (Å²) in [7, 11) is 8.34. The molecule has 0 aromatic rings. The Kier molecular flexibility index (Phi) is 9.70. The van der Waals surface area contributed by atoms with E-state index in [0.29, 0.717) is 12.1 Å². The molecule has 0 aromatic carbocycles. The number of carbonyl (C=O) groups excluding carboxylic acids is 2. The molecule has 0 spiro atoms. The Hall–Kier alpha value is -1.22. The van der Waals surface area contributed by atoms with Gasteiger partial charge in [0.1, 0.15) is 13.2 Å². The Morgan fingerprint density at radius 1 is 0.639 bits per heavy atom. The van der Waals surface area contributed by atoms with Crippen molar-refractivity contribution in [1.29, 1.82) is 0 Å². The van der Waals surface area contributed by atoms with Crippen LogP contribution in [0.25, 0.3) is 0 Å². The van der Waals surface area contributed by atoms with E-state index in [2.05, 4.69) is 89.1 Å². The zero-order valence-corrected chi connectivity index (χ0v) is 25.2. The van der Waals surface area contributed by atoms with E-state index in [4.69, 9.17) is 9.47 Å². The van der Waals surface area contributed by atoms with Crippen molar-refractivity contribution in [3.05, 3.63) is 0 Å². The summed E-state index contributed by atoms with van der Waals surface area (Å²) in [5.74, 6) is -0.563. The molecule has 2 saturated heterocycles. The molecule has 0 aliphatic carbocycles. The number of carbonyl (C=O) groups is 2. The lowest BCUT2D eigenvalue weighted by Gasteiger charge is -2.55. The number of likely N-dealkylation sites (N-methyl/N-ethyl adjacent to an activating group) is 2. The van der Waals surface area contributed by atoms with Gasteiger partial charge in [-0.2, -0.15) is 0 Å². The first kappa shape index (κ1) is 31.0. The number of likely N-dealkylation sites (tertiary alicyclic amines) is 2. The Morgan fingerprint density at radius 2 is 0.889 bits per heavy atom. The van der Waals surface area contributed by atoms with Gasteiger partial charge < -0.3 is 9.47 Å². The molecule has 0 bridgehead atoms. The van der Waals surface area contributed by atoms with E-state index in [9.17, 15) is 9.59 Å². The summed E-state index contributed by atoms with van der Waals surface area (Å²) in [4.78, 5) is 33.9. The number of hydrogen-bond acceptors (Lipinski definition) is 8. The first-order valence-electron chi connectivity index (χ1n) is 13.5. The van der Waals surface area contributed by atoms with E-state index >= 15 is 0 Å². The van der Waals surface area contributed by atoms with Gasteiger partial charge in [-0.05, 0) is 109 Å². The highest BCUT2D eigenvalue weighted by Gasteiger charge is 2.45. The van der Waals surface area contributed by atoms with Crippen molar-refractivity contribution in [2.75, 3.05) is 54.5 Å². The van der Waals surface area contributed by atoms with Gasteiger partial charge in [-0.15, -0.1) is 0 Å². The second-order valence-electron chi connectivity index (χ2n) is 13.8. The summed E-state index contributed by atoms with van der Waals surface area (Å²) in [6.07, 6.45) is 3.97. The van der Waals surface area contributed by atoms with Gasteiger partial charge in [0.2, 0.25) is 0 Å². The minimum absolute atomic E-state index is 0.0605. The summed E-state index contributed by atoms with van der Waals surface area (Å²) in [5.41, 5.74) is 0.242. The molecule has 0 unspecified atom stereocenters. The third-order valence-electron chi connectivity index (χ3n) is 9.19. The number of piperidine rings is 2. The van der Waals surface area contributed by atoms with Crippen molar-refractivity contribution in [2.45, 2.75) is 115 Å². The second-order valence-corrected chi connectivity index (χ2v) is 13.8. The van der Waals surface area contributed by atoms with E-state index in [1.807, 2.05) is 14.1 Å². The van der Waals surface area contributed by atoms with Crippen molar-refractivity contribution >= 4 is 11.9 Å². The van der Waals surface area contributed by atoms with E-state index in [0.717, 1.165) is 25.7 Å². The lowest BCUT2D eigenvalue weighted by Crippen LogP contribution is -2.62. The van der Waals surface area contributed by atoms with Gasteiger partial charge in [-0.25, -0.2) is 0 Å². The van der Waals surface area contributed by atoms with Crippen LogP contribution in [0.1, 0.15) is 81.1 Å². The monoisotopic (exact) mass is 510 g/mol. The fourth-order valence-electron chi connectivity index (χ4n) is 6.33.